The van der Waals surface area contributed by atoms with Crippen molar-refractivity contribution in [3.8, 4) is 5.75 Å². The summed E-state index contributed by atoms with van der Waals surface area (Å²) in [7, 11) is 1.70. The Labute approximate surface area is 137 Å². The number of likely N-dealkylation sites (tertiary alicyclic amines) is 1. The van der Waals surface area contributed by atoms with Crippen molar-refractivity contribution >= 4 is 5.91 Å². The highest BCUT2D eigenvalue weighted by Gasteiger charge is 2.43. The van der Waals surface area contributed by atoms with Crippen LogP contribution >= 0.6 is 0 Å². The third-order valence-corrected chi connectivity index (χ3v) is 5.35. The topological polar surface area (TPSA) is 64.8 Å². The number of hydrogen-bond acceptors (Lipinski definition) is 4. The maximum atomic E-state index is 13.0. The second kappa shape index (κ2) is 6.89. The summed E-state index contributed by atoms with van der Waals surface area (Å²) < 4.78 is 10.9. The summed E-state index contributed by atoms with van der Waals surface area (Å²) in [5, 5.41) is 0. The summed E-state index contributed by atoms with van der Waals surface area (Å²) >= 11 is 0. The number of ether oxygens (including phenoxy) is 2. The molecule has 0 aromatic heterocycles. The fraction of sp³-hybridized carbons (Fsp3) is 0.611. The van der Waals surface area contributed by atoms with Crippen LogP contribution in [0.5, 0.6) is 5.75 Å². The molecule has 2 aliphatic rings. The normalized spacial score (nSPS) is 23.7. The van der Waals surface area contributed by atoms with E-state index >= 15 is 0 Å². The van der Waals surface area contributed by atoms with Gasteiger partial charge < -0.3 is 20.1 Å². The van der Waals surface area contributed by atoms with Gasteiger partial charge in [0, 0.05) is 38.8 Å². The van der Waals surface area contributed by atoms with Gasteiger partial charge in [-0.15, -0.1) is 0 Å². The minimum atomic E-state index is -0.423. The van der Waals surface area contributed by atoms with Crippen molar-refractivity contribution < 1.29 is 14.3 Å². The number of nitrogens with zero attached hydrogens (tertiary/aromatic N) is 1. The first-order chi connectivity index (χ1) is 11.2. The molecule has 0 bridgehead atoms. The summed E-state index contributed by atoms with van der Waals surface area (Å²) in [4.78, 5) is 15.0. The van der Waals surface area contributed by atoms with Crippen LogP contribution in [0.4, 0.5) is 0 Å². The Morgan fingerprint density at radius 2 is 2.13 bits per heavy atom. The van der Waals surface area contributed by atoms with Gasteiger partial charge in [0.25, 0.3) is 0 Å². The molecule has 5 nitrogen and oxygen atoms in total. The van der Waals surface area contributed by atoms with E-state index < -0.39 is 5.41 Å². The molecule has 2 aliphatic heterocycles. The highest BCUT2D eigenvalue weighted by molar-refractivity contribution is 5.83. The van der Waals surface area contributed by atoms with Crippen molar-refractivity contribution in [2.45, 2.75) is 25.2 Å². The average molecular weight is 318 g/mol. The van der Waals surface area contributed by atoms with Crippen LogP contribution in [0.25, 0.3) is 0 Å². The first kappa shape index (κ1) is 16.3. The lowest BCUT2D eigenvalue weighted by Gasteiger charge is -2.37. The van der Waals surface area contributed by atoms with E-state index in [4.69, 9.17) is 15.2 Å². The zero-order valence-electron chi connectivity index (χ0n) is 13.8. The molecule has 2 N–H and O–H groups in total. The number of methoxy groups -OCH3 is 1. The molecule has 126 valence electrons. The van der Waals surface area contributed by atoms with Crippen molar-refractivity contribution in [2.24, 2.45) is 11.1 Å². The molecule has 0 saturated carbocycles. The first-order valence-corrected chi connectivity index (χ1v) is 8.40. The van der Waals surface area contributed by atoms with Crippen LogP contribution < -0.4 is 10.5 Å². The first-order valence-electron chi connectivity index (χ1n) is 8.40. The van der Waals surface area contributed by atoms with E-state index in [0.29, 0.717) is 25.7 Å². The number of benzene rings is 1. The summed E-state index contributed by atoms with van der Waals surface area (Å²) in [5.74, 6) is 1.46. The molecule has 2 fully saturated rings. The minimum Gasteiger partial charge on any atom is -0.496 e. The quantitative estimate of drug-likeness (QED) is 0.919. The maximum absolute atomic E-state index is 13.0. The van der Waals surface area contributed by atoms with Crippen LogP contribution in [0, 0.1) is 5.41 Å². The molecule has 0 radical (unpaired) electrons. The van der Waals surface area contributed by atoms with E-state index in [0.717, 1.165) is 38.1 Å². The van der Waals surface area contributed by atoms with Gasteiger partial charge in [0.1, 0.15) is 5.75 Å². The van der Waals surface area contributed by atoms with Gasteiger partial charge >= 0.3 is 0 Å². The Hall–Kier alpha value is -1.59. The predicted octanol–water partition coefficient (Wildman–Crippen LogP) is 1.77. The van der Waals surface area contributed by atoms with E-state index in [9.17, 15) is 4.79 Å². The molecule has 5 heteroatoms. The SMILES string of the molecule is COc1ccccc1C1CCN(C(=O)C2(CN)CCOCC2)C1. The monoisotopic (exact) mass is 318 g/mol. The lowest BCUT2D eigenvalue weighted by Crippen LogP contribution is -2.50. The third kappa shape index (κ3) is 3.08. The zero-order chi connectivity index (χ0) is 16.3. The van der Waals surface area contributed by atoms with Gasteiger partial charge in [-0.05, 0) is 30.9 Å². The fourth-order valence-electron chi connectivity index (χ4n) is 3.81. The second-order valence-electron chi connectivity index (χ2n) is 6.58. The molecule has 2 heterocycles. The molecule has 23 heavy (non-hydrogen) atoms. The Morgan fingerprint density at radius 3 is 2.83 bits per heavy atom. The number of amides is 1. The summed E-state index contributed by atoms with van der Waals surface area (Å²) in [6.45, 7) is 3.22. The van der Waals surface area contributed by atoms with E-state index in [-0.39, 0.29) is 5.91 Å². The standard InChI is InChI=1S/C18H26N2O3/c1-22-16-5-3-2-4-15(16)14-6-9-20(12-14)17(21)18(13-19)7-10-23-11-8-18/h2-5,14H,6-13,19H2,1H3. The number of hydrogen-bond donors (Lipinski definition) is 1. The highest BCUT2D eigenvalue weighted by Crippen LogP contribution is 2.37. The van der Waals surface area contributed by atoms with Gasteiger partial charge in [-0.25, -0.2) is 0 Å². The number of carbonyl (C=O) groups excluding carboxylic acids is 1. The van der Waals surface area contributed by atoms with E-state index in [1.165, 1.54) is 5.56 Å². The molecule has 1 unspecified atom stereocenters. The van der Waals surface area contributed by atoms with E-state index in [1.54, 1.807) is 7.11 Å². The lowest BCUT2D eigenvalue weighted by atomic mass is 9.79. The molecule has 0 aliphatic carbocycles. The average Bonchev–Trinajstić information content (AvgIpc) is 3.11. The number of rotatable bonds is 4. The van der Waals surface area contributed by atoms with Gasteiger partial charge in [0.15, 0.2) is 0 Å². The summed E-state index contributed by atoms with van der Waals surface area (Å²) in [6.07, 6.45) is 2.44. The fourth-order valence-corrected chi connectivity index (χ4v) is 3.81. The predicted molar refractivity (Wildman–Crippen MR) is 88.5 cm³/mol. The van der Waals surface area contributed by atoms with Gasteiger partial charge in [0.05, 0.1) is 12.5 Å². The molecule has 1 aromatic carbocycles. The van der Waals surface area contributed by atoms with Gasteiger partial charge in [-0.1, -0.05) is 18.2 Å². The van der Waals surface area contributed by atoms with Crippen LogP contribution in [0.2, 0.25) is 0 Å². The van der Waals surface area contributed by atoms with Gasteiger partial charge in [0.2, 0.25) is 5.91 Å². The number of carbonyl (C=O) groups is 1. The van der Waals surface area contributed by atoms with Crippen molar-refractivity contribution in [1.29, 1.82) is 0 Å². The molecule has 0 spiro atoms. The number of nitrogens with two attached hydrogens (primary N) is 1. The zero-order valence-corrected chi connectivity index (χ0v) is 13.8. The van der Waals surface area contributed by atoms with Gasteiger partial charge in [-0.3, -0.25) is 4.79 Å². The Kier molecular flexibility index (Phi) is 4.87. The van der Waals surface area contributed by atoms with Crippen molar-refractivity contribution in [3.63, 3.8) is 0 Å². The smallest absolute Gasteiger partial charge is 0.230 e. The molecule has 1 atom stereocenters. The Balaban J connectivity index is 1.73. The lowest BCUT2D eigenvalue weighted by molar-refractivity contribution is -0.146. The molecular formula is C18H26N2O3. The summed E-state index contributed by atoms with van der Waals surface area (Å²) in [5.41, 5.74) is 6.75. The van der Waals surface area contributed by atoms with Crippen LogP contribution in [0.3, 0.4) is 0 Å². The Bertz CT molecular complexity index is 555. The van der Waals surface area contributed by atoms with Crippen LogP contribution in [0.1, 0.15) is 30.7 Å². The van der Waals surface area contributed by atoms with E-state index in [2.05, 4.69) is 6.07 Å². The largest absolute Gasteiger partial charge is 0.496 e. The molecule has 1 aromatic rings. The van der Waals surface area contributed by atoms with Crippen molar-refractivity contribution in [3.05, 3.63) is 29.8 Å². The van der Waals surface area contributed by atoms with Crippen LogP contribution in [-0.4, -0.2) is 50.8 Å². The molecule has 1 amide bonds. The van der Waals surface area contributed by atoms with Crippen LogP contribution in [0.15, 0.2) is 24.3 Å². The molecular weight excluding hydrogens is 292 g/mol. The van der Waals surface area contributed by atoms with E-state index in [1.807, 2.05) is 23.1 Å². The third-order valence-electron chi connectivity index (χ3n) is 5.35. The number of para-hydroxylation sites is 1. The molecule has 3 rings (SSSR count). The second-order valence-corrected chi connectivity index (χ2v) is 6.58. The van der Waals surface area contributed by atoms with Crippen molar-refractivity contribution in [1.82, 2.24) is 4.90 Å². The summed E-state index contributed by atoms with van der Waals surface area (Å²) in [6, 6.07) is 8.10. The maximum Gasteiger partial charge on any atom is 0.230 e. The Morgan fingerprint density at radius 1 is 1.39 bits per heavy atom. The minimum absolute atomic E-state index is 0.209. The molecule has 2 saturated heterocycles. The van der Waals surface area contributed by atoms with Crippen LogP contribution in [-0.2, 0) is 9.53 Å². The highest BCUT2D eigenvalue weighted by atomic mass is 16.5. The van der Waals surface area contributed by atoms with Crippen molar-refractivity contribution in [2.75, 3.05) is 40.0 Å². The van der Waals surface area contributed by atoms with Gasteiger partial charge in [-0.2, -0.15) is 0 Å².